The van der Waals surface area contributed by atoms with Crippen molar-refractivity contribution in [1.29, 1.82) is 0 Å². The summed E-state index contributed by atoms with van der Waals surface area (Å²) in [4.78, 5) is 22.2. The van der Waals surface area contributed by atoms with Gasteiger partial charge in [0.25, 0.3) is 21.6 Å². The van der Waals surface area contributed by atoms with E-state index in [0.717, 1.165) is 6.07 Å². The molecule has 1 heterocycles. The number of nitrogens with zero attached hydrogens (tertiary/aromatic N) is 2. The molecule has 0 saturated carbocycles. The smallest absolute Gasteiger partial charge is 0.270 e. The quantitative estimate of drug-likeness (QED) is 0.378. The molecule has 12 nitrogen and oxygen atoms in total. The summed E-state index contributed by atoms with van der Waals surface area (Å²) in [5, 5.41) is 13.4. The van der Waals surface area contributed by atoms with Gasteiger partial charge in [-0.15, -0.1) is 0 Å². The lowest BCUT2D eigenvalue weighted by molar-refractivity contribution is -0.385. The van der Waals surface area contributed by atoms with Gasteiger partial charge in [0.05, 0.1) is 28.8 Å². The number of nitro groups is 1. The van der Waals surface area contributed by atoms with Gasteiger partial charge in [-0.1, -0.05) is 6.07 Å². The predicted molar refractivity (Wildman–Crippen MR) is 119 cm³/mol. The molecule has 2 aromatic carbocycles. The van der Waals surface area contributed by atoms with Gasteiger partial charge < -0.3 is 10.1 Å². The lowest BCUT2D eigenvalue weighted by atomic mass is 10.2. The van der Waals surface area contributed by atoms with Crippen LogP contribution in [0.4, 0.5) is 11.4 Å². The number of hydrogen-bond donors (Lipinski definition) is 2. The zero-order valence-electron chi connectivity index (χ0n) is 17.3. The van der Waals surface area contributed by atoms with Crippen molar-refractivity contribution in [2.45, 2.75) is 4.90 Å². The average Bonchev–Trinajstić information content (AvgIpc) is 2.80. The minimum atomic E-state index is -4.08. The van der Waals surface area contributed by atoms with Gasteiger partial charge in [-0.2, -0.15) is 4.31 Å². The van der Waals surface area contributed by atoms with Crippen LogP contribution in [0.15, 0.2) is 53.4 Å². The molecule has 0 unspecified atom stereocenters. The molecule has 0 spiro atoms. The molecule has 1 saturated heterocycles. The third-order valence-corrected chi connectivity index (χ3v) is 8.00. The number of benzene rings is 2. The van der Waals surface area contributed by atoms with Crippen molar-refractivity contribution < 1.29 is 31.3 Å². The first kappa shape index (κ1) is 24.6. The van der Waals surface area contributed by atoms with Gasteiger partial charge in [0.1, 0.15) is 0 Å². The Morgan fingerprint density at radius 3 is 2.36 bits per heavy atom. The van der Waals surface area contributed by atoms with Crippen molar-refractivity contribution in [2.75, 3.05) is 43.3 Å². The third-order valence-electron chi connectivity index (χ3n) is 4.75. The maximum atomic E-state index is 12.5. The Bertz CT molecular complexity index is 1220. The van der Waals surface area contributed by atoms with Crippen LogP contribution in [-0.4, -0.2) is 70.6 Å². The zero-order valence-corrected chi connectivity index (χ0v) is 19.0. The van der Waals surface area contributed by atoms with Crippen molar-refractivity contribution >= 4 is 37.3 Å². The Hall–Kier alpha value is -3.07. The minimum Gasteiger partial charge on any atom is -0.379 e. The number of carbonyl (C=O) groups is 1. The van der Waals surface area contributed by atoms with Crippen LogP contribution in [0, 0.1) is 10.1 Å². The highest BCUT2D eigenvalue weighted by molar-refractivity contribution is 7.92. The molecule has 1 aliphatic rings. The van der Waals surface area contributed by atoms with Crippen LogP contribution in [0.25, 0.3) is 0 Å². The van der Waals surface area contributed by atoms with Gasteiger partial charge in [-0.25, -0.2) is 16.8 Å². The third kappa shape index (κ3) is 6.47. The number of sulfonamides is 2. The number of nitro benzene ring substituents is 1. The summed E-state index contributed by atoms with van der Waals surface area (Å²) in [5.41, 5.74) is -0.00875. The fraction of sp³-hybridized carbons (Fsp3) is 0.316. The average molecular weight is 499 g/mol. The maximum Gasteiger partial charge on any atom is 0.270 e. The van der Waals surface area contributed by atoms with Crippen LogP contribution in [-0.2, 0) is 24.8 Å². The van der Waals surface area contributed by atoms with Crippen LogP contribution in [0.5, 0.6) is 0 Å². The molecule has 1 aliphatic heterocycles. The van der Waals surface area contributed by atoms with Gasteiger partial charge in [-0.3, -0.25) is 19.6 Å². The summed E-state index contributed by atoms with van der Waals surface area (Å²) in [6, 6.07) is 10.1. The van der Waals surface area contributed by atoms with Crippen molar-refractivity contribution in [1.82, 2.24) is 9.62 Å². The first-order valence-corrected chi connectivity index (χ1v) is 12.9. The Kier molecular flexibility index (Phi) is 7.63. The second-order valence-corrected chi connectivity index (χ2v) is 10.8. The van der Waals surface area contributed by atoms with Crippen LogP contribution < -0.4 is 10.0 Å². The fourth-order valence-corrected chi connectivity index (χ4v) is 5.44. The van der Waals surface area contributed by atoms with Gasteiger partial charge in [0.2, 0.25) is 10.0 Å². The number of amides is 1. The lowest BCUT2D eigenvalue weighted by Crippen LogP contribution is -2.43. The van der Waals surface area contributed by atoms with E-state index < -0.39 is 30.9 Å². The zero-order chi connectivity index (χ0) is 24.1. The number of non-ortho nitro benzene ring substituents is 1. The number of ether oxygens (including phenoxy) is 1. The Labute approximate surface area is 190 Å². The van der Waals surface area contributed by atoms with Crippen LogP contribution >= 0.6 is 0 Å². The first-order valence-electron chi connectivity index (χ1n) is 9.80. The molecule has 0 radical (unpaired) electrons. The topological polar surface area (TPSA) is 165 Å². The molecular weight excluding hydrogens is 476 g/mol. The summed E-state index contributed by atoms with van der Waals surface area (Å²) in [7, 11) is -7.58. The Morgan fingerprint density at radius 1 is 1.06 bits per heavy atom. The lowest BCUT2D eigenvalue weighted by Gasteiger charge is -2.26. The van der Waals surface area contributed by atoms with E-state index in [2.05, 4.69) is 10.0 Å². The molecule has 0 atom stereocenters. The largest absolute Gasteiger partial charge is 0.379 e. The number of rotatable bonds is 9. The van der Waals surface area contributed by atoms with Crippen molar-refractivity contribution in [3.8, 4) is 0 Å². The second kappa shape index (κ2) is 10.2. The number of morpholine rings is 1. The van der Waals surface area contributed by atoms with Crippen LogP contribution in [0.3, 0.4) is 0 Å². The monoisotopic (exact) mass is 498 g/mol. The number of nitrogens with one attached hydrogen (secondary N) is 2. The molecule has 1 fully saturated rings. The molecule has 2 N–H and O–H groups in total. The van der Waals surface area contributed by atoms with Crippen LogP contribution in [0.1, 0.15) is 10.4 Å². The predicted octanol–water partition coefficient (Wildman–Crippen LogP) is 0.787. The molecule has 2 aromatic rings. The normalized spacial score (nSPS) is 15.0. The van der Waals surface area contributed by atoms with E-state index in [1.165, 1.54) is 46.8 Å². The highest BCUT2D eigenvalue weighted by atomic mass is 32.2. The van der Waals surface area contributed by atoms with Gasteiger partial charge in [0, 0.05) is 43.0 Å². The summed E-state index contributed by atoms with van der Waals surface area (Å²) >= 11 is 0. The summed E-state index contributed by atoms with van der Waals surface area (Å²) in [6.07, 6.45) is 0. The molecular formula is C19H22N4O8S2. The summed E-state index contributed by atoms with van der Waals surface area (Å²) in [6.45, 7) is 1.15. The minimum absolute atomic E-state index is 0.0836. The highest BCUT2D eigenvalue weighted by Gasteiger charge is 2.24. The summed E-state index contributed by atoms with van der Waals surface area (Å²) in [5.74, 6) is -0.764. The molecule has 0 aliphatic carbocycles. The van der Waals surface area contributed by atoms with Gasteiger partial charge >= 0.3 is 0 Å². The van der Waals surface area contributed by atoms with Crippen LogP contribution in [0.2, 0.25) is 0 Å². The molecule has 1 amide bonds. The molecule has 33 heavy (non-hydrogen) atoms. The van der Waals surface area contributed by atoms with E-state index >= 15 is 0 Å². The van der Waals surface area contributed by atoms with Crippen molar-refractivity contribution in [3.05, 3.63) is 64.2 Å². The van der Waals surface area contributed by atoms with Crippen molar-refractivity contribution in [3.63, 3.8) is 0 Å². The standard InChI is InChI=1S/C19H22N4O8S2/c24-19(20-8-13-32(27,28)22-9-11-31-12-10-22)15-4-6-16(7-5-15)21-33(29,30)18-3-1-2-17(14-18)23(25)26/h1-7,14,21H,8-13H2,(H,20,24). The summed E-state index contributed by atoms with van der Waals surface area (Å²) < 4.78 is 58.2. The molecule has 178 valence electrons. The highest BCUT2D eigenvalue weighted by Crippen LogP contribution is 2.20. The van der Waals surface area contributed by atoms with E-state index in [0.29, 0.717) is 13.2 Å². The van der Waals surface area contributed by atoms with Gasteiger partial charge in [0.15, 0.2) is 0 Å². The number of anilines is 1. The van der Waals surface area contributed by atoms with E-state index in [9.17, 15) is 31.7 Å². The molecule has 3 rings (SSSR count). The van der Waals surface area contributed by atoms with E-state index in [1.54, 1.807) is 0 Å². The first-order chi connectivity index (χ1) is 15.6. The SMILES string of the molecule is O=C(NCCS(=O)(=O)N1CCOCC1)c1ccc(NS(=O)(=O)c2cccc([N+](=O)[O-])c2)cc1. The Morgan fingerprint density at radius 2 is 1.73 bits per heavy atom. The number of carbonyl (C=O) groups excluding carboxylic acids is 1. The fourth-order valence-electron chi connectivity index (χ4n) is 3.02. The van der Waals surface area contributed by atoms with Gasteiger partial charge in [-0.05, 0) is 30.3 Å². The van der Waals surface area contributed by atoms with E-state index in [4.69, 9.17) is 4.74 Å². The Balaban J connectivity index is 1.57. The number of hydrogen-bond acceptors (Lipinski definition) is 8. The second-order valence-electron chi connectivity index (χ2n) is 7.02. The van der Waals surface area contributed by atoms with E-state index in [-0.39, 0.29) is 47.2 Å². The van der Waals surface area contributed by atoms with Crippen molar-refractivity contribution in [2.24, 2.45) is 0 Å². The maximum absolute atomic E-state index is 12.5. The molecule has 0 aromatic heterocycles. The van der Waals surface area contributed by atoms with E-state index in [1.807, 2.05) is 0 Å². The molecule has 0 bridgehead atoms. The molecule has 14 heteroatoms.